The summed E-state index contributed by atoms with van der Waals surface area (Å²) in [5.74, 6) is 2.64. The van der Waals surface area contributed by atoms with E-state index in [1.54, 1.807) is 39.5 Å². The molecule has 0 N–H and O–H groups in total. The van der Waals surface area contributed by atoms with E-state index in [0.717, 1.165) is 5.56 Å². The zero-order valence-corrected chi connectivity index (χ0v) is 17.4. The van der Waals surface area contributed by atoms with E-state index < -0.39 is 0 Å². The third-order valence-electron chi connectivity index (χ3n) is 4.77. The van der Waals surface area contributed by atoms with Crippen LogP contribution >= 0.6 is 0 Å². The lowest BCUT2D eigenvalue weighted by molar-refractivity contribution is 0.324. The number of rotatable bonds is 7. The number of hydrogen-bond acceptors (Lipinski definition) is 7. The van der Waals surface area contributed by atoms with Crippen LogP contribution in [-0.2, 0) is 6.42 Å². The van der Waals surface area contributed by atoms with Crippen molar-refractivity contribution in [2.45, 2.75) is 13.3 Å². The van der Waals surface area contributed by atoms with Crippen LogP contribution in [0.4, 0.5) is 0 Å². The molecule has 7 heteroatoms. The highest BCUT2D eigenvalue weighted by Crippen LogP contribution is 2.46. The van der Waals surface area contributed by atoms with Crippen molar-refractivity contribution >= 4 is 11.0 Å². The minimum atomic E-state index is -0.247. The van der Waals surface area contributed by atoms with E-state index in [0.29, 0.717) is 51.7 Å². The fourth-order valence-corrected chi connectivity index (χ4v) is 3.43. The molecule has 2 aromatic carbocycles. The monoisotopic (exact) mass is 400 g/mol. The number of aryl methyl sites for hydroxylation is 1. The molecule has 154 valence electrons. The molecule has 0 bridgehead atoms. The van der Waals surface area contributed by atoms with Crippen molar-refractivity contribution in [3.63, 3.8) is 0 Å². The molecule has 1 heterocycles. The van der Waals surface area contributed by atoms with E-state index in [9.17, 15) is 4.79 Å². The first-order chi connectivity index (χ1) is 14.0. The molecule has 0 saturated heterocycles. The first-order valence-corrected chi connectivity index (χ1v) is 9.05. The SMILES string of the molecule is CCc1c(OC)c(OC)c(OC)c2c(=O)cc(-c3ccc(OC)c(OC)c3)oc12. The molecule has 0 saturated carbocycles. The molecule has 0 aliphatic carbocycles. The maximum Gasteiger partial charge on any atom is 0.204 e. The van der Waals surface area contributed by atoms with Gasteiger partial charge in [-0.15, -0.1) is 0 Å². The summed E-state index contributed by atoms with van der Waals surface area (Å²) in [7, 11) is 7.64. The van der Waals surface area contributed by atoms with Gasteiger partial charge in [-0.2, -0.15) is 0 Å². The summed E-state index contributed by atoms with van der Waals surface area (Å²) in [6.07, 6.45) is 0.568. The Morgan fingerprint density at radius 3 is 2.00 bits per heavy atom. The van der Waals surface area contributed by atoms with Crippen LogP contribution in [0, 0.1) is 0 Å². The van der Waals surface area contributed by atoms with Crippen molar-refractivity contribution in [2.24, 2.45) is 0 Å². The number of ether oxygens (including phenoxy) is 5. The minimum Gasteiger partial charge on any atom is -0.493 e. The molecule has 0 spiro atoms. The number of fused-ring (bicyclic) bond motifs is 1. The highest BCUT2D eigenvalue weighted by molar-refractivity contribution is 5.93. The molecule has 0 aliphatic heterocycles. The summed E-state index contributed by atoms with van der Waals surface area (Å²) >= 11 is 0. The van der Waals surface area contributed by atoms with Gasteiger partial charge in [0, 0.05) is 17.2 Å². The lowest BCUT2D eigenvalue weighted by Gasteiger charge is -2.18. The molecule has 7 nitrogen and oxygen atoms in total. The van der Waals surface area contributed by atoms with Gasteiger partial charge in [-0.05, 0) is 24.6 Å². The van der Waals surface area contributed by atoms with Crippen molar-refractivity contribution in [2.75, 3.05) is 35.5 Å². The molecule has 1 aromatic heterocycles. The highest BCUT2D eigenvalue weighted by Gasteiger charge is 2.25. The van der Waals surface area contributed by atoms with Crippen LogP contribution in [0.25, 0.3) is 22.3 Å². The predicted octanol–water partition coefficient (Wildman–Crippen LogP) is 4.07. The smallest absolute Gasteiger partial charge is 0.204 e. The van der Waals surface area contributed by atoms with Crippen LogP contribution < -0.4 is 29.1 Å². The molecule has 3 rings (SSSR count). The Bertz CT molecular complexity index is 1100. The van der Waals surface area contributed by atoms with Gasteiger partial charge in [-0.1, -0.05) is 6.92 Å². The quantitative estimate of drug-likeness (QED) is 0.592. The second-order valence-electron chi connectivity index (χ2n) is 6.18. The Balaban J connectivity index is 2.38. The zero-order valence-electron chi connectivity index (χ0n) is 17.4. The Kier molecular flexibility index (Phi) is 5.87. The van der Waals surface area contributed by atoms with Crippen molar-refractivity contribution in [1.29, 1.82) is 0 Å². The van der Waals surface area contributed by atoms with Gasteiger partial charge < -0.3 is 28.1 Å². The average Bonchev–Trinajstić information content (AvgIpc) is 2.76. The van der Waals surface area contributed by atoms with Gasteiger partial charge in [0.1, 0.15) is 16.7 Å². The number of methoxy groups -OCH3 is 5. The Labute approximate surface area is 168 Å². The normalized spacial score (nSPS) is 10.7. The zero-order chi connectivity index (χ0) is 21.1. The van der Waals surface area contributed by atoms with Crippen LogP contribution in [-0.4, -0.2) is 35.5 Å². The van der Waals surface area contributed by atoms with Gasteiger partial charge in [0.25, 0.3) is 0 Å². The summed E-state index contributed by atoms with van der Waals surface area (Å²) in [6.45, 7) is 1.95. The largest absolute Gasteiger partial charge is 0.493 e. The Hall–Kier alpha value is -3.35. The summed E-state index contributed by atoms with van der Waals surface area (Å²) in [4.78, 5) is 13.1. The first-order valence-electron chi connectivity index (χ1n) is 9.05. The molecular weight excluding hydrogens is 376 g/mol. The number of benzene rings is 2. The van der Waals surface area contributed by atoms with E-state index in [1.165, 1.54) is 20.3 Å². The van der Waals surface area contributed by atoms with Crippen LogP contribution in [0.5, 0.6) is 28.7 Å². The third kappa shape index (κ3) is 3.33. The van der Waals surface area contributed by atoms with E-state index in [2.05, 4.69) is 0 Å². The molecule has 29 heavy (non-hydrogen) atoms. The van der Waals surface area contributed by atoms with Crippen molar-refractivity contribution < 1.29 is 28.1 Å². The molecule has 0 amide bonds. The van der Waals surface area contributed by atoms with Crippen LogP contribution in [0.15, 0.2) is 33.5 Å². The van der Waals surface area contributed by atoms with Crippen LogP contribution in [0.2, 0.25) is 0 Å². The van der Waals surface area contributed by atoms with Gasteiger partial charge in [-0.25, -0.2) is 0 Å². The second kappa shape index (κ2) is 8.34. The van der Waals surface area contributed by atoms with Gasteiger partial charge >= 0.3 is 0 Å². The molecule has 3 aromatic rings. The fourth-order valence-electron chi connectivity index (χ4n) is 3.43. The summed E-state index contributed by atoms with van der Waals surface area (Å²) < 4.78 is 33.4. The predicted molar refractivity (Wildman–Crippen MR) is 110 cm³/mol. The van der Waals surface area contributed by atoms with Gasteiger partial charge in [0.2, 0.25) is 5.75 Å². The first kappa shape index (κ1) is 20.4. The highest BCUT2D eigenvalue weighted by atomic mass is 16.5. The summed E-state index contributed by atoms with van der Waals surface area (Å²) in [6, 6.07) is 6.74. The molecule has 0 aliphatic rings. The summed E-state index contributed by atoms with van der Waals surface area (Å²) in [5, 5.41) is 0.311. The second-order valence-corrected chi connectivity index (χ2v) is 6.18. The van der Waals surface area contributed by atoms with E-state index in [1.807, 2.05) is 6.92 Å². The van der Waals surface area contributed by atoms with Crippen molar-refractivity contribution in [1.82, 2.24) is 0 Å². The molecule has 0 atom stereocenters. The molecule has 0 fully saturated rings. The molecular formula is C22H24O7. The number of hydrogen-bond donors (Lipinski definition) is 0. The topological polar surface area (TPSA) is 76.4 Å². The van der Waals surface area contributed by atoms with E-state index in [4.69, 9.17) is 28.1 Å². The lowest BCUT2D eigenvalue weighted by Crippen LogP contribution is -2.08. The third-order valence-corrected chi connectivity index (χ3v) is 4.77. The van der Waals surface area contributed by atoms with Crippen LogP contribution in [0.3, 0.4) is 0 Å². The average molecular weight is 400 g/mol. The Morgan fingerprint density at radius 1 is 0.793 bits per heavy atom. The van der Waals surface area contributed by atoms with Crippen molar-refractivity contribution in [3.05, 3.63) is 40.1 Å². The van der Waals surface area contributed by atoms with Gasteiger partial charge in [-0.3, -0.25) is 4.79 Å². The molecule has 0 radical (unpaired) electrons. The van der Waals surface area contributed by atoms with Crippen LogP contribution in [0.1, 0.15) is 12.5 Å². The summed E-state index contributed by atoms with van der Waals surface area (Å²) in [5.41, 5.74) is 1.56. The van der Waals surface area contributed by atoms with E-state index >= 15 is 0 Å². The lowest BCUT2D eigenvalue weighted by atomic mass is 10.0. The van der Waals surface area contributed by atoms with Gasteiger partial charge in [0.05, 0.1) is 35.5 Å². The van der Waals surface area contributed by atoms with Crippen molar-refractivity contribution in [3.8, 4) is 40.1 Å². The standard InChI is InChI=1S/C22H24O7/c1-7-13-19-18(21(27-5)22(28-6)20(13)26-4)14(23)11-16(29-19)12-8-9-15(24-2)17(10-12)25-3/h8-11H,7H2,1-6H3. The maximum atomic E-state index is 13.1. The fraction of sp³-hybridized carbons (Fsp3) is 0.318. The Morgan fingerprint density at radius 2 is 1.45 bits per heavy atom. The minimum absolute atomic E-state index is 0.247. The molecule has 0 unspecified atom stereocenters. The van der Waals surface area contributed by atoms with E-state index in [-0.39, 0.29) is 11.2 Å². The van der Waals surface area contributed by atoms with Gasteiger partial charge in [0.15, 0.2) is 28.4 Å². The maximum absolute atomic E-state index is 13.1.